The second kappa shape index (κ2) is 5.50. The van der Waals surface area contributed by atoms with E-state index in [1.165, 1.54) is 57.8 Å². The quantitative estimate of drug-likeness (QED) is 0.796. The molecule has 2 nitrogen and oxygen atoms in total. The van der Waals surface area contributed by atoms with E-state index in [0.29, 0.717) is 17.7 Å². The van der Waals surface area contributed by atoms with Gasteiger partial charge in [0.2, 0.25) is 0 Å². The zero-order valence-electron chi connectivity index (χ0n) is 10.7. The molecule has 1 saturated carbocycles. The van der Waals surface area contributed by atoms with Crippen molar-refractivity contribution in [2.45, 2.75) is 88.9 Å². The molecule has 0 aromatic heterocycles. The minimum Gasteiger partial charge on any atom is -0.372 e. The van der Waals surface area contributed by atoms with Crippen LogP contribution in [0.4, 0.5) is 0 Å². The summed E-state index contributed by atoms with van der Waals surface area (Å²) in [6.07, 6.45) is 13.6. The highest BCUT2D eigenvalue weighted by Crippen LogP contribution is 2.42. The van der Waals surface area contributed by atoms with Crippen molar-refractivity contribution >= 4 is 0 Å². The van der Waals surface area contributed by atoms with Crippen LogP contribution < -0.4 is 5.73 Å². The summed E-state index contributed by atoms with van der Waals surface area (Å²) in [4.78, 5) is 0. The maximum Gasteiger partial charge on any atom is 0.0687 e. The molecule has 0 aromatic carbocycles. The molecular weight excluding hydrogens is 198 g/mol. The fourth-order valence-electron chi connectivity index (χ4n) is 3.33. The van der Waals surface area contributed by atoms with Gasteiger partial charge in [-0.05, 0) is 51.9 Å². The van der Waals surface area contributed by atoms with E-state index in [0.717, 1.165) is 6.42 Å². The summed E-state index contributed by atoms with van der Waals surface area (Å²) < 4.78 is 6.33. The Morgan fingerprint density at radius 1 is 1.25 bits per heavy atom. The fourth-order valence-corrected chi connectivity index (χ4v) is 3.33. The molecule has 94 valence electrons. The number of ether oxygens (including phenoxy) is 1. The average Bonchev–Trinajstić information content (AvgIpc) is 2.62. The Morgan fingerprint density at radius 3 is 2.69 bits per heavy atom. The van der Waals surface area contributed by atoms with E-state index in [2.05, 4.69) is 6.92 Å². The number of hydrogen-bond acceptors (Lipinski definition) is 2. The molecule has 2 fully saturated rings. The van der Waals surface area contributed by atoms with Crippen molar-refractivity contribution in [1.29, 1.82) is 0 Å². The second-order valence-electron chi connectivity index (χ2n) is 5.93. The molecule has 1 heterocycles. The Balaban J connectivity index is 1.70. The molecule has 1 saturated heterocycles. The SMILES string of the molecule is CC(N)CCCC1CCC2(CCCCC2)O1. The minimum absolute atomic E-state index is 0.303. The molecule has 1 aliphatic carbocycles. The third kappa shape index (κ3) is 3.21. The lowest BCUT2D eigenvalue weighted by atomic mass is 9.83. The van der Waals surface area contributed by atoms with Gasteiger partial charge in [0.05, 0.1) is 11.7 Å². The molecule has 2 unspecified atom stereocenters. The Labute approximate surface area is 99.9 Å². The molecule has 2 heteroatoms. The Morgan fingerprint density at radius 2 is 2.00 bits per heavy atom. The van der Waals surface area contributed by atoms with Crippen LogP contribution in [0.5, 0.6) is 0 Å². The highest BCUT2D eigenvalue weighted by Gasteiger charge is 2.40. The van der Waals surface area contributed by atoms with Gasteiger partial charge in [-0.25, -0.2) is 0 Å². The van der Waals surface area contributed by atoms with Crippen LogP contribution in [0.15, 0.2) is 0 Å². The summed E-state index contributed by atoms with van der Waals surface area (Å²) in [5, 5.41) is 0. The van der Waals surface area contributed by atoms with Gasteiger partial charge >= 0.3 is 0 Å². The lowest BCUT2D eigenvalue weighted by molar-refractivity contribution is -0.0661. The second-order valence-corrected chi connectivity index (χ2v) is 5.93. The lowest BCUT2D eigenvalue weighted by Crippen LogP contribution is -2.31. The van der Waals surface area contributed by atoms with Gasteiger partial charge < -0.3 is 10.5 Å². The molecule has 16 heavy (non-hydrogen) atoms. The zero-order valence-corrected chi connectivity index (χ0v) is 10.7. The van der Waals surface area contributed by atoms with E-state index in [1.807, 2.05) is 0 Å². The molecule has 1 aliphatic heterocycles. The first-order chi connectivity index (χ1) is 7.70. The zero-order chi connectivity index (χ0) is 11.4. The summed E-state index contributed by atoms with van der Waals surface area (Å²) >= 11 is 0. The van der Waals surface area contributed by atoms with Crippen molar-refractivity contribution in [3.63, 3.8) is 0 Å². The number of rotatable bonds is 4. The molecular formula is C14H27NO. The monoisotopic (exact) mass is 225 g/mol. The summed E-state index contributed by atoms with van der Waals surface area (Å²) in [6.45, 7) is 2.10. The summed E-state index contributed by atoms with van der Waals surface area (Å²) in [6, 6.07) is 0.352. The van der Waals surface area contributed by atoms with Gasteiger partial charge in [0.15, 0.2) is 0 Å². The van der Waals surface area contributed by atoms with Crippen LogP contribution in [0.1, 0.15) is 71.1 Å². The van der Waals surface area contributed by atoms with Gasteiger partial charge in [-0.2, -0.15) is 0 Å². The van der Waals surface area contributed by atoms with Gasteiger partial charge in [0.1, 0.15) is 0 Å². The molecule has 2 aliphatic rings. The Kier molecular flexibility index (Phi) is 4.26. The van der Waals surface area contributed by atoms with Crippen LogP contribution in [0.25, 0.3) is 0 Å². The molecule has 0 bridgehead atoms. The first kappa shape index (κ1) is 12.4. The third-order valence-electron chi connectivity index (χ3n) is 4.29. The summed E-state index contributed by atoms with van der Waals surface area (Å²) in [5.41, 5.74) is 6.08. The summed E-state index contributed by atoms with van der Waals surface area (Å²) in [5.74, 6) is 0. The largest absolute Gasteiger partial charge is 0.372 e. The standard InChI is InChI=1S/C14H27NO/c1-12(15)6-5-7-13-8-11-14(16-13)9-3-2-4-10-14/h12-13H,2-11,15H2,1H3. The van der Waals surface area contributed by atoms with Gasteiger partial charge in [-0.1, -0.05) is 19.3 Å². The van der Waals surface area contributed by atoms with Crippen LogP contribution in [-0.4, -0.2) is 17.7 Å². The van der Waals surface area contributed by atoms with E-state index < -0.39 is 0 Å². The van der Waals surface area contributed by atoms with Crippen molar-refractivity contribution in [1.82, 2.24) is 0 Å². The third-order valence-corrected chi connectivity index (χ3v) is 4.29. The van der Waals surface area contributed by atoms with Crippen molar-refractivity contribution in [3.8, 4) is 0 Å². The fraction of sp³-hybridized carbons (Fsp3) is 1.00. The predicted octanol–water partition coefficient (Wildman–Crippen LogP) is 3.39. The van der Waals surface area contributed by atoms with Crippen molar-refractivity contribution in [2.24, 2.45) is 5.73 Å². The van der Waals surface area contributed by atoms with Crippen LogP contribution in [0, 0.1) is 0 Å². The smallest absolute Gasteiger partial charge is 0.0687 e. The van der Waals surface area contributed by atoms with Gasteiger partial charge in [-0.15, -0.1) is 0 Å². The number of nitrogens with two attached hydrogens (primary N) is 1. The predicted molar refractivity (Wildman–Crippen MR) is 67.4 cm³/mol. The number of hydrogen-bond donors (Lipinski definition) is 1. The molecule has 1 spiro atoms. The van der Waals surface area contributed by atoms with E-state index in [1.54, 1.807) is 0 Å². The molecule has 0 aromatic rings. The van der Waals surface area contributed by atoms with E-state index in [4.69, 9.17) is 10.5 Å². The van der Waals surface area contributed by atoms with E-state index >= 15 is 0 Å². The lowest BCUT2D eigenvalue weighted by Gasteiger charge is -2.33. The topological polar surface area (TPSA) is 35.2 Å². The Hall–Kier alpha value is -0.0800. The van der Waals surface area contributed by atoms with Crippen molar-refractivity contribution in [2.75, 3.05) is 0 Å². The minimum atomic E-state index is 0.303. The molecule has 0 amide bonds. The van der Waals surface area contributed by atoms with Crippen LogP contribution in [0.2, 0.25) is 0 Å². The summed E-state index contributed by atoms with van der Waals surface area (Å²) in [7, 11) is 0. The van der Waals surface area contributed by atoms with E-state index in [-0.39, 0.29) is 0 Å². The highest BCUT2D eigenvalue weighted by atomic mass is 16.5. The molecule has 2 atom stereocenters. The maximum atomic E-state index is 6.33. The molecule has 2 N–H and O–H groups in total. The molecule has 2 rings (SSSR count). The van der Waals surface area contributed by atoms with Crippen LogP contribution >= 0.6 is 0 Å². The van der Waals surface area contributed by atoms with Gasteiger partial charge in [0.25, 0.3) is 0 Å². The maximum absolute atomic E-state index is 6.33. The first-order valence-electron chi connectivity index (χ1n) is 7.14. The first-order valence-corrected chi connectivity index (χ1v) is 7.14. The normalized spacial score (nSPS) is 30.8. The van der Waals surface area contributed by atoms with Crippen molar-refractivity contribution < 1.29 is 4.74 Å². The van der Waals surface area contributed by atoms with Crippen molar-refractivity contribution in [3.05, 3.63) is 0 Å². The van der Waals surface area contributed by atoms with E-state index in [9.17, 15) is 0 Å². The highest BCUT2D eigenvalue weighted by molar-refractivity contribution is 4.91. The van der Waals surface area contributed by atoms with Crippen LogP contribution in [-0.2, 0) is 4.74 Å². The Bertz CT molecular complexity index is 209. The van der Waals surface area contributed by atoms with Gasteiger partial charge in [-0.3, -0.25) is 0 Å². The van der Waals surface area contributed by atoms with Crippen LogP contribution in [0.3, 0.4) is 0 Å². The average molecular weight is 225 g/mol. The van der Waals surface area contributed by atoms with Gasteiger partial charge in [0, 0.05) is 6.04 Å². The molecule has 0 radical (unpaired) electrons.